The van der Waals surface area contributed by atoms with E-state index in [1.54, 1.807) is 50.2 Å². The van der Waals surface area contributed by atoms with Crippen LogP contribution in [0.15, 0.2) is 42.5 Å². The molecule has 0 bridgehead atoms. The average Bonchev–Trinajstić information content (AvgIpc) is 2.88. The van der Waals surface area contributed by atoms with Gasteiger partial charge in [-0.15, -0.1) is 0 Å². The maximum atomic E-state index is 15.0. The molecule has 8 heteroatoms. The van der Waals surface area contributed by atoms with Crippen molar-refractivity contribution in [3.8, 4) is 16.9 Å². The summed E-state index contributed by atoms with van der Waals surface area (Å²) in [4.78, 5) is 27.6. The lowest BCUT2D eigenvalue weighted by Gasteiger charge is -2.34. The molecule has 2 aliphatic rings. The van der Waals surface area contributed by atoms with Crippen LogP contribution in [-0.4, -0.2) is 61.2 Å². The molecule has 2 aromatic rings. The quantitative estimate of drug-likeness (QED) is 0.500. The maximum absolute atomic E-state index is 15.0. The van der Waals surface area contributed by atoms with Gasteiger partial charge in [0.05, 0.1) is 12.6 Å². The SMILES string of the molecule is CC(C)(F)CN1CCC(COc2ccc(-c3ccccc3C(=O)NC(=O)[C@H]3CCCCN3)cc2F)CC1. The highest BCUT2D eigenvalue weighted by molar-refractivity contribution is 6.09. The number of carbonyl (C=O) groups excluding carboxylic acids is 2. The summed E-state index contributed by atoms with van der Waals surface area (Å²) in [5.41, 5.74) is 0.164. The average molecular weight is 514 g/mol. The molecular formula is C29H37F2N3O3. The van der Waals surface area contributed by atoms with Gasteiger partial charge >= 0.3 is 0 Å². The van der Waals surface area contributed by atoms with Crippen LogP contribution in [0.4, 0.5) is 8.78 Å². The third-order valence-corrected chi connectivity index (χ3v) is 7.06. The highest BCUT2D eigenvalue weighted by atomic mass is 19.1. The van der Waals surface area contributed by atoms with Gasteiger partial charge < -0.3 is 15.0 Å². The van der Waals surface area contributed by atoms with Crippen molar-refractivity contribution >= 4 is 11.8 Å². The molecule has 6 nitrogen and oxygen atoms in total. The highest BCUT2D eigenvalue weighted by Gasteiger charge is 2.26. The Hall–Kier alpha value is -2.84. The number of hydrogen-bond donors (Lipinski definition) is 2. The number of nitrogens with zero attached hydrogens (tertiary/aromatic N) is 1. The molecule has 0 radical (unpaired) electrons. The molecule has 2 aliphatic heterocycles. The molecule has 2 aromatic carbocycles. The van der Waals surface area contributed by atoms with Crippen molar-refractivity contribution in [3.05, 3.63) is 53.8 Å². The molecule has 0 aromatic heterocycles. The lowest BCUT2D eigenvalue weighted by Crippen LogP contribution is -2.48. The number of likely N-dealkylation sites (tertiary alicyclic amines) is 1. The van der Waals surface area contributed by atoms with Crippen LogP contribution >= 0.6 is 0 Å². The Morgan fingerprint density at radius 1 is 1.11 bits per heavy atom. The van der Waals surface area contributed by atoms with Crippen LogP contribution < -0.4 is 15.4 Å². The molecule has 2 amide bonds. The smallest absolute Gasteiger partial charge is 0.258 e. The first-order valence-electron chi connectivity index (χ1n) is 13.2. The van der Waals surface area contributed by atoms with Crippen LogP contribution in [0.5, 0.6) is 5.75 Å². The van der Waals surface area contributed by atoms with E-state index in [1.165, 1.54) is 6.07 Å². The summed E-state index contributed by atoms with van der Waals surface area (Å²) in [6.07, 6.45) is 4.42. The summed E-state index contributed by atoms with van der Waals surface area (Å²) >= 11 is 0. The minimum Gasteiger partial charge on any atom is -0.490 e. The van der Waals surface area contributed by atoms with E-state index < -0.39 is 17.4 Å². The number of benzene rings is 2. The van der Waals surface area contributed by atoms with Gasteiger partial charge in [-0.25, -0.2) is 8.78 Å². The number of nitrogens with one attached hydrogen (secondary N) is 2. The molecule has 2 saturated heterocycles. The largest absolute Gasteiger partial charge is 0.490 e. The predicted octanol–water partition coefficient (Wildman–Crippen LogP) is 4.73. The van der Waals surface area contributed by atoms with E-state index in [4.69, 9.17) is 4.74 Å². The number of piperidine rings is 2. The van der Waals surface area contributed by atoms with Crippen molar-refractivity contribution in [2.75, 3.05) is 32.8 Å². The van der Waals surface area contributed by atoms with E-state index in [0.29, 0.717) is 42.2 Å². The Bertz CT molecular complexity index is 1090. The van der Waals surface area contributed by atoms with Crippen molar-refractivity contribution < 1.29 is 23.1 Å². The number of alkyl halides is 1. The number of halogens is 2. The summed E-state index contributed by atoms with van der Waals surface area (Å²) in [6, 6.07) is 11.1. The summed E-state index contributed by atoms with van der Waals surface area (Å²) < 4.78 is 34.7. The standard InChI is InChI=1S/C29H37F2N3O3/c1-29(2,31)19-34-15-12-20(13-16-34)18-37-26-11-10-21(17-24(26)30)22-7-3-4-8-23(22)27(35)33-28(36)25-9-5-6-14-32-25/h3-4,7-8,10-11,17,20,25,32H,5-6,9,12-16,18-19H2,1-2H3,(H,33,35,36)/t25-/m1/s1. The Kier molecular flexibility index (Phi) is 8.92. The highest BCUT2D eigenvalue weighted by Crippen LogP contribution is 2.29. The van der Waals surface area contributed by atoms with Crippen LogP contribution in [-0.2, 0) is 4.79 Å². The monoisotopic (exact) mass is 513 g/mol. The predicted molar refractivity (Wildman–Crippen MR) is 140 cm³/mol. The van der Waals surface area contributed by atoms with Gasteiger partial charge in [-0.2, -0.15) is 0 Å². The first-order valence-corrected chi connectivity index (χ1v) is 13.2. The number of ether oxygens (including phenoxy) is 1. The van der Waals surface area contributed by atoms with Gasteiger partial charge in [-0.1, -0.05) is 30.7 Å². The summed E-state index contributed by atoms with van der Waals surface area (Å²) in [5, 5.41) is 5.63. The van der Waals surface area contributed by atoms with Crippen LogP contribution in [0.2, 0.25) is 0 Å². The zero-order valence-electron chi connectivity index (χ0n) is 21.7. The zero-order valence-corrected chi connectivity index (χ0v) is 21.7. The van der Waals surface area contributed by atoms with Gasteiger partial charge in [-0.3, -0.25) is 14.9 Å². The molecule has 2 heterocycles. The summed E-state index contributed by atoms with van der Waals surface area (Å²) in [7, 11) is 0. The third-order valence-electron chi connectivity index (χ3n) is 7.06. The third kappa shape index (κ3) is 7.58. The van der Waals surface area contributed by atoms with Crippen molar-refractivity contribution in [2.45, 2.75) is 57.7 Å². The number of rotatable bonds is 8. The molecule has 4 rings (SSSR count). The molecule has 200 valence electrons. The molecule has 0 unspecified atom stereocenters. The van der Waals surface area contributed by atoms with Crippen LogP contribution in [0.3, 0.4) is 0 Å². The van der Waals surface area contributed by atoms with E-state index in [-0.39, 0.29) is 17.7 Å². The molecule has 2 fully saturated rings. The lowest BCUT2D eigenvalue weighted by atomic mass is 9.96. The van der Waals surface area contributed by atoms with Crippen LogP contribution in [0, 0.1) is 11.7 Å². The van der Waals surface area contributed by atoms with Crippen molar-refractivity contribution in [1.29, 1.82) is 0 Å². The fraction of sp³-hybridized carbons (Fsp3) is 0.517. The van der Waals surface area contributed by atoms with Gasteiger partial charge in [0.2, 0.25) is 5.91 Å². The van der Waals surface area contributed by atoms with Crippen molar-refractivity contribution in [2.24, 2.45) is 5.92 Å². The maximum Gasteiger partial charge on any atom is 0.258 e. The first-order chi connectivity index (χ1) is 17.7. The topological polar surface area (TPSA) is 70.7 Å². The lowest BCUT2D eigenvalue weighted by molar-refractivity contribution is -0.122. The van der Waals surface area contributed by atoms with Crippen molar-refractivity contribution in [1.82, 2.24) is 15.5 Å². The summed E-state index contributed by atoms with van der Waals surface area (Å²) in [6.45, 7) is 6.37. The minimum atomic E-state index is -1.21. The van der Waals surface area contributed by atoms with E-state index in [1.807, 2.05) is 0 Å². The second kappa shape index (κ2) is 12.1. The fourth-order valence-electron chi connectivity index (χ4n) is 5.11. The molecule has 0 aliphatic carbocycles. The van der Waals surface area contributed by atoms with E-state index in [2.05, 4.69) is 15.5 Å². The first kappa shape index (κ1) is 27.2. The van der Waals surface area contributed by atoms with Gasteiger partial charge in [-0.05, 0) is 94.4 Å². The Morgan fingerprint density at radius 2 is 1.86 bits per heavy atom. The second-order valence-corrected chi connectivity index (χ2v) is 10.8. The van der Waals surface area contributed by atoms with E-state index in [9.17, 15) is 18.4 Å². The number of carbonyl (C=O) groups is 2. The zero-order chi connectivity index (χ0) is 26.4. The van der Waals surface area contributed by atoms with E-state index in [0.717, 1.165) is 45.3 Å². The Morgan fingerprint density at radius 3 is 2.54 bits per heavy atom. The van der Waals surface area contributed by atoms with Crippen LogP contribution in [0.1, 0.15) is 56.3 Å². The van der Waals surface area contributed by atoms with Crippen molar-refractivity contribution in [3.63, 3.8) is 0 Å². The van der Waals surface area contributed by atoms with Gasteiger partial charge in [0.1, 0.15) is 5.67 Å². The van der Waals surface area contributed by atoms with Gasteiger partial charge in [0, 0.05) is 12.1 Å². The van der Waals surface area contributed by atoms with E-state index >= 15 is 0 Å². The fourth-order valence-corrected chi connectivity index (χ4v) is 5.11. The molecule has 0 spiro atoms. The normalized spacial score (nSPS) is 19.4. The molecule has 0 saturated carbocycles. The molecular weight excluding hydrogens is 476 g/mol. The number of amides is 2. The molecule has 37 heavy (non-hydrogen) atoms. The summed E-state index contributed by atoms with van der Waals surface area (Å²) in [5.74, 6) is -0.896. The minimum absolute atomic E-state index is 0.163. The second-order valence-electron chi connectivity index (χ2n) is 10.8. The van der Waals surface area contributed by atoms with Crippen LogP contribution in [0.25, 0.3) is 11.1 Å². The Labute approximate surface area is 217 Å². The number of imide groups is 1. The van der Waals surface area contributed by atoms with Gasteiger partial charge in [0.15, 0.2) is 11.6 Å². The number of hydrogen-bond acceptors (Lipinski definition) is 5. The molecule has 2 N–H and O–H groups in total. The Balaban J connectivity index is 1.36. The van der Waals surface area contributed by atoms with Gasteiger partial charge in [0.25, 0.3) is 5.91 Å². The molecule has 1 atom stereocenters.